The third-order valence-corrected chi connectivity index (χ3v) is 3.18. The molecule has 4 nitrogen and oxygen atoms in total. The molecule has 2 aromatic carbocycles. The van der Waals surface area contributed by atoms with Crippen LogP contribution >= 0.6 is 23.8 Å². The SMILES string of the molecule is NC(=S)c1ccc(NC(=O)c2ccc(O)cc2)c(Cl)c1. The topological polar surface area (TPSA) is 75.3 Å². The maximum absolute atomic E-state index is 12.0. The molecule has 2 rings (SSSR count). The molecule has 20 heavy (non-hydrogen) atoms. The van der Waals surface area contributed by atoms with Crippen LogP contribution in [0.1, 0.15) is 15.9 Å². The van der Waals surface area contributed by atoms with Crippen molar-refractivity contribution in [2.45, 2.75) is 0 Å². The molecule has 0 saturated heterocycles. The molecule has 0 heterocycles. The number of anilines is 1. The number of phenols is 1. The first kappa shape index (κ1) is 14.3. The summed E-state index contributed by atoms with van der Waals surface area (Å²) in [6, 6.07) is 10.8. The Labute approximate surface area is 126 Å². The van der Waals surface area contributed by atoms with Crippen molar-refractivity contribution in [3.63, 3.8) is 0 Å². The van der Waals surface area contributed by atoms with Crippen LogP contribution in [-0.4, -0.2) is 16.0 Å². The van der Waals surface area contributed by atoms with Gasteiger partial charge in [-0.05, 0) is 42.5 Å². The van der Waals surface area contributed by atoms with Crippen LogP contribution in [0.5, 0.6) is 5.75 Å². The molecule has 0 saturated carbocycles. The molecule has 0 radical (unpaired) electrons. The lowest BCUT2D eigenvalue weighted by Gasteiger charge is -2.08. The normalized spacial score (nSPS) is 10.1. The second-order valence-corrected chi connectivity index (χ2v) is 4.91. The fraction of sp³-hybridized carbons (Fsp3) is 0. The molecule has 0 atom stereocenters. The van der Waals surface area contributed by atoms with E-state index in [4.69, 9.17) is 29.6 Å². The lowest BCUT2D eigenvalue weighted by molar-refractivity contribution is 0.102. The second-order valence-electron chi connectivity index (χ2n) is 4.06. The highest BCUT2D eigenvalue weighted by Crippen LogP contribution is 2.24. The van der Waals surface area contributed by atoms with Crippen molar-refractivity contribution in [3.05, 3.63) is 58.6 Å². The summed E-state index contributed by atoms with van der Waals surface area (Å²) in [5, 5.41) is 12.2. The van der Waals surface area contributed by atoms with Gasteiger partial charge >= 0.3 is 0 Å². The molecule has 0 bridgehead atoms. The highest BCUT2D eigenvalue weighted by molar-refractivity contribution is 7.80. The number of aromatic hydroxyl groups is 1. The van der Waals surface area contributed by atoms with Crippen LogP contribution in [0.25, 0.3) is 0 Å². The fourth-order valence-electron chi connectivity index (χ4n) is 1.58. The average Bonchev–Trinajstić information content (AvgIpc) is 2.41. The van der Waals surface area contributed by atoms with E-state index >= 15 is 0 Å². The number of carbonyl (C=O) groups excluding carboxylic acids is 1. The number of benzene rings is 2. The van der Waals surface area contributed by atoms with Gasteiger partial charge in [-0.2, -0.15) is 0 Å². The van der Waals surface area contributed by atoms with Crippen LogP contribution in [-0.2, 0) is 0 Å². The molecule has 102 valence electrons. The van der Waals surface area contributed by atoms with Crippen LogP contribution in [0.3, 0.4) is 0 Å². The minimum absolute atomic E-state index is 0.0976. The Hall–Kier alpha value is -2.11. The molecule has 0 fully saturated rings. The lowest BCUT2D eigenvalue weighted by atomic mass is 10.1. The largest absolute Gasteiger partial charge is 0.508 e. The summed E-state index contributed by atoms with van der Waals surface area (Å²) in [5.41, 5.74) is 7.01. The average molecular weight is 307 g/mol. The smallest absolute Gasteiger partial charge is 0.255 e. The van der Waals surface area contributed by atoms with E-state index in [9.17, 15) is 9.90 Å². The highest BCUT2D eigenvalue weighted by Gasteiger charge is 2.09. The maximum Gasteiger partial charge on any atom is 0.255 e. The van der Waals surface area contributed by atoms with E-state index in [1.165, 1.54) is 24.3 Å². The van der Waals surface area contributed by atoms with Gasteiger partial charge in [0.1, 0.15) is 10.7 Å². The van der Waals surface area contributed by atoms with Crippen LogP contribution in [0.15, 0.2) is 42.5 Å². The van der Waals surface area contributed by atoms with Crippen molar-refractivity contribution in [2.75, 3.05) is 5.32 Å². The van der Waals surface area contributed by atoms with Gasteiger partial charge in [0, 0.05) is 11.1 Å². The Bertz CT molecular complexity index is 671. The molecular formula is C14H11ClN2O2S. The summed E-state index contributed by atoms with van der Waals surface area (Å²) in [7, 11) is 0. The van der Waals surface area contributed by atoms with Crippen molar-refractivity contribution >= 4 is 40.4 Å². The number of carbonyl (C=O) groups is 1. The van der Waals surface area contributed by atoms with Crippen molar-refractivity contribution in [1.82, 2.24) is 0 Å². The summed E-state index contributed by atoms with van der Waals surface area (Å²) in [5.74, 6) is -0.227. The summed E-state index contributed by atoms with van der Waals surface area (Å²) in [6.45, 7) is 0. The molecule has 0 aliphatic heterocycles. The third kappa shape index (κ3) is 3.26. The Morgan fingerprint density at radius 1 is 1.15 bits per heavy atom. The first-order valence-electron chi connectivity index (χ1n) is 5.67. The zero-order chi connectivity index (χ0) is 14.7. The lowest BCUT2D eigenvalue weighted by Crippen LogP contribution is -2.13. The predicted molar refractivity (Wildman–Crippen MR) is 83.4 cm³/mol. The van der Waals surface area contributed by atoms with Gasteiger partial charge in [0.25, 0.3) is 5.91 Å². The van der Waals surface area contributed by atoms with Gasteiger partial charge in [-0.3, -0.25) is 4.79 Å². The van der Waals surface area contributed by atoms with E-state index in [-0.39, 0.29) is 16.6 Å². The number of amides is 1. The van der Waals surface area contributed by atoms with Crippen molar-refractivity contribution in [1.29, 1.82) is 0 Å². The minimum Gasteiger partial charge on any atom is -0.508 e. The molecule has 2 aromatic rings. The number of nitrogens with two attached hydrogens (primary N) is 1. The third-order valence-electron chi connectivity index (χ3n) is 2.63. The molecule has 0 unspecified atom stereocenters. The minimum atomic E-state index is -0.324. The molecule has 4 N–H and O–H groups in total. The fourth-order valence-corrected chi connectivity index (χ4v) is 1.93. The van der Waals surface area contributed by atoms with E-state index in [0.29, 0.717) is 21.8 Å². The summed E-state index contributed by atoms with van der Waals surface area (Å²) in [4.78, 5) is 12.2. The number of nitrogens with one attached hydrogen (secondary N) is 1. The van der Waals surface area contributed by atoms with Crippen molar-refractivity contribution in [2.24, 2.45) is 5.73 Å². The molecule has 0 aliphatic rings. The Morgan fingerprint density at radius 2 is 1.75 bits per heavy atom. The highest BCUT2D eigenvalue weighted by atomic mass is 35.5. The Kier molecular flexibility index (Phi) is 4.22. The van der Waals surface area contributed by atoms with Gasteiger partial charge in [-0.15, -0.1) is 0 Å². The molecule has 6 heteroatoms. The zero-order valence-electron chi connectivity index (χ0n) is 10.3. The quantitative estimate of drug-likeness (QED) is 0.762. The molecule has 0 aromatic heterocycles. The number of hydrogen-bond acceptors (Lipinski definition) is 3. The first-order valence-corrected chi connectivity index (χ1v) is 6.46. The number of halogens is 1. The monoisotopic (exact) mass is 306 g/mol. The molecular weight excluding hydrogens is 296 g/mol. The Morgan fingerprint density at radius 3 is 2.30 bits per heavy atom. The van der Waals surface area contributed by atoms with Crippen molar-refractivity contribution in [3.8, 4) is 5.75 Å². The first-order chi connectivity index (χ1) is 9.47. The summed E-state index contributed by atoms with van der Waals surface area (Å²) < 4.78 is 0. The van der Waals surface area contributed by atoms with E-state index < -0.39 is 0 Å². The van der Waals surface area contributed by atoms with Crippen LogP contribution in [0.2, 0.25) is 5.02 Å². The van der Waals surface area contributed by atoms with Gasteiger partial charge < -0.3 is 16.2 Å². The molecule has 1 amide bonds. The van der Waals surface area contributed by atoms with Gasteiger partial charge in [0.15, 0.2) is 0 Å². The number of thiocarbonyl (C=S) groups is 1. The van der Waals surface area contributed by atoms with E-state index in [2.05, 4.69) is 5.32 Å². The van der Waals surface area contributed by atoms with Crippen molar-refractivity contribution < 1.29 is 9.90 Å². The standard InChI is InChI=1S/C14H11ClN2O2S/c15-11-7-9(13(16)20)3-6-12(11)17-14(19)8-1-4-10(18)5-2-8/h1-7,18H,(H2,16,20)(H,17,19). The summed E-state index contributed by atoms with van der Waals surface area (Å²) >= 11 is 10.9. The number of hydrogen-bond donors (Lipinski definition) is 3. The van der Waals surface area contributed by atoms with Gasteiger partial charge in [0.2, 0.25) is 0 Å². The van der Waals surface area contributed by atoms with E-state index in [1.807, 2.05) is 0 Å². The van der Waals surface area contributed by atoms with Gasteiger partial charge in [-0.25, -0.2) is 0 Å². The van der Waals surface area contributed by atoms with Crippen LogP contribution < -0.4 is 11.1 Å². The molecule has 0 spiro atoms. The number of rotatable bonds is 3. The Balaban J connectivity index is 2.19. The van der Waals surface area contributed by atoms with Gasteiger partial charge in [0.05, 0.1) is 10.7 Å². The van der Waals surface area contributed by atoms with E-state index in [0.717, 1.165) is 0 Å². The predicted octanol–water partition coefficient (Wildman–Crippen LogP) is 2.93. The summed E-state index contributed by atoms with van der Waals surface area (Å²) in [6.07, 6.45) is 0. The maximum atomic E-state index is 12.0. The zero-order valence-corrected chi connectivity index (χ0v) is 11.8. The number of phenolic OH excluding ortho intramolecular Hbond substituents is 1. The van der Waals surface area contributed by atoms with Gasteiger partial charge in [-0.1, -0.05) is 23.8 Å². The van der Waals surface area contributed by atoms with Crippen LogP contribution in [0.4, 0.5) is 5.69 Å². The molecule has 0 aliphatic carbocycles. The van der Waals surface area contributed by atoms with E-state index in [1.54, 1.807) is 18.2 Å². The second kappa shape index (κ2) is 5.90. The van der Waals surface area contributed by atoms with Crippen LogP contribution in [0, 0.1) is 0 Å².